The monoisotopic (exact) mass is 263 g/mol. The Balaban J connectivity index is 1.93. The van der Waals surface area contributed by atoms with Gasteiger partial charge in [-0.25, -0.2) is 0 Å². The quantitative estimate of drug-likeness (QED) is 0.925. The zero-order valence-electron chi connectivity index (χ0n) is 11.3. The Labute approximate surface area is 119 Å². The second-order valence-corrected chi connectivity index (χ2v) is 5.45. The lowest BCUT2D eigenvalue weighted by Crippen LogP contribution is -2.37. The third-order valence-corrected chi connectivity index (χ3v) is 4.33. The van der Waals surface area contributed by atoms with Crippen molar-refractivity contribution in [2.24, 2.45) is 0 Å². The van der Waals surface area contributed by atoms with Gasteiger partial charge in [0, 0.05) is 6.42 Å². The molecule has 2 aromatic rings. The van der Waals surface area contributed by atoms with Crippen molar-refractivity contribution in [2.45, 2.75) is 30.8 Å². The first kappa shape index (κ1) is 12.9. The van der Waals surface area contributed by atoms with E-state index in [1.54, 1.807) is 0 Å². The van der Waals surface area contributed by atoms with Crippen LogP contribution in [0.2, 0.25) is 0 Å². The van der Waals surface area contributed by atoms with Gasteiger partial charge in [-0.05, 0) is 29.5 Å². The summed E-state index contributed by atoms with van der Waals surface area (Å²) in [5, 5.41) is 20.4. The molecule has 20 heavy (non-hydrogen) atoms. The molecule has 1 aliphatic rings. The predicted octanol–water partition coefficient (Wildman–Crippen LogP) is 3.00. The van der Waals surface area contributed by atoms with Gasteiger partial charge >= 0.3 is 0 Å². The van der Waals surface area contributed by atoms with Crippen LogP contribution in [0.3, 0.4) is 0 Å². The highest BCUT2D eigenvalue weighted by molar-refractivity contribution is 5.45. The molecule has 0 radical (unpaired) electrons. The third kappa shape index (κ3) is 2.01. The van der Waals surface area contributed by atoms with Gasteiger partial charge in [-0.3, -0.25) is 0 Å². The van der Waals surface area contributed by atoms with E-state index in [0.29, 0.717) is 12.8 Å². The lowest BCUT2D eigenvalue weighted by atomic mass is 9.76. The highest BCUT2D eigenvalue weighted by Gasteiger charge is 2.44. The van der Waals surface area contributed by atoms with Crippen LogP contribution < -0.4 is 0 Å². The second kappa shape index (κ2) is 5.11. The first-order valence-electron chi connectivity index (χ1n) is 6.98. The van der Waals surface area contributed by atoms with E-state index < -0.39 is 11.5 Å². The first-order chi connectivity index (χ1) is 9.76. The molecule has 0 fully saturated rings. The van der Waals surface area contributed by atoms with E-state index in [-0.39, 0.29) is 0 Å². The fourth-order valence-corrected chi connectivity index (χ4v) is 3.19. The van der Waals surface area contributed by atoms with Crippen LogP contribution in [0.1, 0.15) is 23.1 Å². The molecule has 2 aromatic carbocycles. The molecule has 0 saturated carbocycles. The summed E-state index contributed by atoms with van der Waals surface area (Å²) in [6, 6.07) is 20.3. The maximum atomic E-state index is 10.7. The smallest absolute Gasteiger partial charge is 0.109 e. The predicted molar refractivity (Wildman–Crippen MR) is 78.2 cm³/mol. The number of benzene rings is 2. The summed E-state index contributed by atoms with van der Waals surface area (Å²) in [6.45, 7) is 0. The van der Waals surface area contributed by atoms with Crippen LogP contribution in [0.5, 0.6) is 0 Å². The lowest BCUT2D eigenvalue weighted by molar-refractivity contribution is 0.110. The molecule has 0 spiro atoms. The molecule has 2 atom stereocenters. The number of nitriles is 1. The fourth-order valence-electron chi connectivity index (χ4n) is 3.19. The van der Waals surface area contributed by atoms with Crippen molar-refractivity contribution in [1.82, 2.24) is 0 Å². The van der Waals surface area contributed by atoms with Crippen LogP contribution >= 0.6 is 0 Å². The van der Waals surface area contributed by atoms with Crippen molar-refractivity contribution in [3.63, 3.8) is 0 Å². The van der Waals surface area contributed by atoms with E-state index in [4.69, 9.17) is 0 Å². The molecule has 1 N–H and O–H groups in total. The topological polar surface area (TPSA) is 44.0 Å². The Morgan fingerprint density at radius 3 is 2.55 bits per heavy atom. The number of hydrogen-bond donors (Lipinski definition) is 1. The summed E-state index contributed by atoms with van der Waals surface area (Å²) >= 11 is 0. The van der Waals surface area contributed by atoms with Crippen LogP contribution in [-0.4, -0.2) is 11.2 Å². The first-order valence-corrected chi connectivity index (χ1v) is 6.98. The number of aliphatic hydroxyl groups is 1. The van der Waals surface area contributed by atoms with Gasteiger partial charge in [-0.15, -0.1) is 0 Å². The Morgan fingerprint density at radius 2 is 1.80 bits per heavy atom. The fraction of sp³-hybridized carbons (Fsp3) is 0.278. The largest absolute Gasteiger partial charge is 0.391 e. The van der Waals surface area contributed by atoms with E-state index in [9.17, 15) is 10.4 Å². The van der Waals surface area contributed by atoms with E-state index in [1.807, 2.05) is 48.5 Å². The normalized spacial score (nSPS) is 22.0. The highest BCUT2D eigenvalue weighted by atomic mass is 16.3. The standard InChI is InChI=1S/C18H17NO/c19-13-18(11-10-15-8-4-5-9-16(15)18)17(20)12-14-6-2-1-3-7-14/h1-9,17,20H,10-12H2/t17-,18-/m1/s1. The Morgan fingerprint density at radius 1 is 1.10 bits per heavy atom. The molecule has 0 saturated heterocycles. The summed E-state index contributed by atoms with van der Waals surface area (Å²) in [5.41, 5.74) is 2.51. The molecule has 0 heterocycles. The molecular weight excluding hydrogens is 246 g/mol. The average Bonchev–Trinajstić information content (AvgIpc) is 2.88. The Bertz CT molecular complexity index is 644. The van der Waals surface area contributed by atoms with Crippen LogP contribution in [0.4, 0.5) is 0 Å². The molecule has 0 unspecified atom stereocenters. The van der Waals surface area contributed by atoms with Crippen LogP contribution in [0.25, 0.3) is 0 Å². The highest BCUT2D eigenvalue weighted by Crippen LogP contribution is 2.41. The maximum Gasteiger partial charge on any atom is 0.109 e. The summed E-state index contributed by atoms with van der Waals surface area (Å²) in [7, 11) is 0. The average molecular weight is 263 g/mol. The SMILES string of the molecule is N#C[C@]1([C@H](O)Cc2ccccc2)CCc2ccccc21. The number of hydrogen-bond acceptors (Lipinski definition) is 2. The van der Waals surface area contributed by atoms with Crippen LogP contribution in [0.15, 0.2) is 54.6 Å². The van der Waals surface area contributed by atoms with Gasteiger partial charge in [0.05, 0.1) is 12.2 Å². The molecule has 3 rings (SSSR count). The van der Waals surface area contributed by atoms with Crippen LogP contribution in [-0.2, 0) is 18.3 Å². The van der Waals surface area contributed by atoms with Gasteiger partial charge in [0.1, 0.15) is 5.41 Å². The molecule has 0 amide bonds. The van der Waals surface area contributed by atoms with E-state index >= 15 is 0 Å². The maximum absolute atomic E-state index is 10.7. The third-order valence-electron chi connectivity index (χ3n) is 4.33. The van der Waals surface area contributed by atoms with Gasteiger partial charge < -0.3 is 5.11 Å². The summed E-state index contributed by atoms with van der Waals surface area (Å²) in [5.74, 6) is 0. The van der Waals surface area contributed by atoms with Gasteiger partial charge in [-0.1, -0.05) is 54.6 Å². The molecular formula is C18H17NO. The Kier molecular flexibility index (Phi) is 3.30. The number of aryl methyl sites for hydroxylation is 1. The van der Waals surface area contributed by atoms with Crippen molar-refractivity contribution in [2.75, 3.05) is 0 Å². The molecule has 1 aliphatic carbocycles. The number of aliphatic hydroxyl groups excluding tert-OH is 1. The number of rotatable bonds is 3. The molecule has 100 valence electrons. The lowest BCUT2D eigenvalue weighted by Gasteiger charge is -2.28. The zero-order valence-corrected chi connectivity index (χ0v) is 11.3. The van der Waals surface area contributed by atoms with E-state index in [2.05, 4.69) is 12.1 Å². The summed E-state index contributed by atoms with van der Waals surface area (Å²) in [6.07, 6.45) is 1.42. The summed E-state index contributed by atoms with van der Waals surface area (Å²) < 4.78 is 0. The van der Waals surface area contributed by atoms with Gasteiger partial charge in [0.25, 0.3) is 0 Å². The van der Waals surface area contributed by atoms with Crippen LogP contribution in [0, 0.1) is 11.3 Å². The van der Waals surface area contributed by atoms with E-state index in [1.165, 1.54) is 5.56 Å². The van der Waals surface area contributed by atoms with Crippen molar-refractivity contribution >= 4 is 0 Å². The Hall–Kier alpha value is -2.11. The molecule has 2 nitrogen and oxygen atoms in total. The minimum absolute atomic E-state index is 0.517. The van der Waals surface area contributed by atoms with Crippen molar-refractivity contribution in [3.05, 3.63) is 71.3 Å². The van der Waals surface area contributed by atoms with E-state index in [0.717, 1.165) is 17.5 Å². The molecule has 0 bridgehead atoms. The number of fused-ring (bicyclic) bond motifs is 1. The minimum atomic E-state index is -0.758. The minimum Gasteiger partial charge on any atom is -0.391 e. The van der Waals surface area contributed by atoms with Crippen molar-refractivity contribution in [3.8, 4) is 6.07 Å². The van der Waals surface area contributed by atoms with Crippen molar-refractivity contribution < 1.29 is 5.11 Å². The molecule has 0 aromatic heterocycles. The van der Waals surface area contributed by atoms with Crippen molar-refractivity contribution in [1.29, 1.82) is 5.26 Å². The summed E-state index contributed by atoms with van der Waals surface area (Å²) in [4.78, 5) is 0. The zero-order chi connectivity index (χ0) is 14.0. The number of nitrogens with zero attached hydrogens (tertiary/aromatic N) is 1. The second-order valence-electron chi connectivity index (χ2n) is 5.45. The molecule has 0 aliphatic heterocycles. The van der Waals surface area contributed by atoms with Gasteiger partial charge in [0.15, 0.2) is 0 Å². The van der Waals surface area contributed by atoms with Gasteiger partial charge in [0.2, 0.25) is 0 Å². The molecule has 2 heteroatoms. The van der Waals surface area contributed by atoms with Gasteiger partial charge in [-0.2, -0.15) is 5.26 Å².